The maximum atomic E-state index is 12.9. The van der Waals surface area contributed by atoms with Crippen LogP contribution in [0, 0.1) is 6.92 Å². The van der Waals surface area contributed by atoms with Crippen LogP contribution in [0.3, 0.4) is 0 Å². The van der Waals surface area contributed by atoms with Crippen molar-refractivity contribution in [3.05, 3.63) is 63.3 Å². The SMILES string of the molecule is Cc1onc(-c2c(Cl)cccc2Cl)c1C(=O)NCc1cccc2c1OCCO2. The van der Waals surface area contributed by atoms with Gasteiger partial charge in [-0.3, -0.25) is 4.79 Å². The molecule has 0 bridgehead atoms. The zero-order chi connectivity index (χ0) is 19.7. The van der Waals surface area contributed by atoms with Gasteiger partial charge in [-0.2, -0.15) is 0 Å². The molecule has 28 heavy (non-hydrogen) atoms. The molecule has 1 aliphatic heterocycles. The summed E-state index contributed by atoms with van der Waals surface area (Å²) < 4.78 is 16.5. The molecule has 1 amide bonds. The number of ether oxygens (including phenoxy) is 2. The Morgan fingerprint density at radius 1 is 1.11 bits per heavy atom. The van der Waals surface area contributed by atoms with Gasteiger partial charge in [0, 0.05) is 17.7 Å². The minimum Gasteiger partial charge on any atom is -0.486 e. The second kappa shape index (κ2) is 7.73. The highest BCUT2D eigenvalue weighted by Crippen LogP contribution is 2.37. The summed E-state index contributed by atoms with van der Waals surface area (Å²) in [6.07, 6.45) is 0. The lowest BCUT2D eigenvalue weighted by atomic mass is 10.1. The molecule has 3 aromatic rings. The van der Waals surface area contributed by atoms with Gasteiger partial charge in [0.15, 0.2) is 11.5 Å². The number of amides is 1. The minimum absolute atomic E-state index is 0.256. The lowest BCUT2D eigenvalue weighted by molar-refractivity contribution is 0.0949. The van der Waals surface area contributed by atoms with Crippen molar-refractivity contribution in [3.8, 4) is 22.8 Å². The molecule has 2 heterocycles. The van der Waals surface area contributed by atoms with Gasteiger partial charge in [0.05, 0.1) is 10.0 Å². The minimum atomic E-state index is -0.348. The summed E-state index contributed by atoms with van der Waals surface area (Å²) in [6.45, 7) is 2.89. The molecule has 0 saturated carbocycles. The first-order valence-electron chi connectivity index (χ1n) is 8.62. The molecule has 4 rings (SSSR count). The zero-order valence-corrected chi connectivity index (χ0v) is 16.4. The summed E-state index contributed by atoms with van der Waals surface area (Å²) >= 11 is 12.5. The zero-order valence-electron chi connectivity index (χ0n) is 14.9. The first-order chi connectivity index (χ1) is 13.6. The highest BCUT2D eigenvalue weighted by atomic mass is 35.5. The van der Waals surface area contributed by atoms with Crippen molar-refractivity contribution in [2.75, 3.05) is 13.2 Å². The fraction of sp³-hybridized carbons (Fsp3) is 0.200. The number of benzene rings is 2. The van der Waals surface area contributed by atoms with Gasteiger partial charge in [-0.25, -0.2) is 0 Å². The number of rotatable bonds is 4. The second-order valence-corrected chi connectivity index (χ2v) is 7.00. The quantitative estimate of drug-likeness (QED) is 0.666. The molecule has 0 radical (unpaired) electrons. The van der Waals surface area contributed by atoms with Crippen molar-refractivity contribution in [2.24, 2.45) is 0 Å². The largest absolute Gasteiger partial charge is 0.486 e. The van der Waals surface area contributed by atoms with Gasteiger partial charge in [-0.05, 0) is 25.1 Å². The van der Waals surface area contributed by atoms with E-state index in [0.29, 0.717) is 51.8 Å². The van der Waals surface area contributed by atoms with Crippen LogP contribution >= 0.6 is 23.2 Å². The Morgan fingerprint density at radius 3 is 2.61 bits per heavy atom. The van der Waals surface area contributed by atoms with Gasteiger partial charge in [0.25, 0.3) is 5.91 Å². The first kappa shape index (κ1) is 18.7. The van der Waals surface area contributed by atoms with Crippen LogP contribution in [-0.4, -0.2) is 24.3 Å². The average molecular weight is 419 g/mol. The van der Waals surface area contributed by atoms with E-state index < -0.39 is 0 Å². The number of hydrogen-bond acceptors (Lipinski definition) is 5. The first-order valence-corrected chi connectivity index (χ1v) is 9.38. The predicted molar refractivity (Wildman–Crippen MR) is 105 cm³/mol. The number of nitrogens with zero attached hydrogens (tertiary/aromatic N) is 1. The summed E-state index contributed by atoms with van der Waals surface area (Å²) in [5.41, 5.74) is 1.87. The molecule has 1 aromatic heterocycles. The number of aromatic nitrogens is 1. The Hall–Kier alpha value is -2.70. The van der Waals surface area contributed by atoms with E-state index in [1.807, 2.05) is 18.2 Å². The summed E-state index contributed by atoms with van der Waals surface area (Å²) in [6, 6.07) is 10.7. The topological polar surface area (TPSA) is 73.6 Å². The number of nitrogens with one attached hydrogen (secondary N) is 1. The smallest absolute Gasteiger partial charge is 0.257 e. The van der Waals surface area contributed by atoms with Gasteiger partial charge in [-0.15, -0.1) is 0 Å². The van der Waals surface area contributed by atoms with Crippen molar-refractivity contribution in [3.63, 3.8) is 0 Å². The van der Waals surface area contributed by atoms with E-state index in [0.717, 1.165) is 5.56 Å². The molecule has 0 aliphatic carbocycles. The van der Waals surface area contributed by atoms with E-state index in [-0.39, 0.29) is 18.0 Å². The molecule has 0 atom stereocenters. The fourth-order valence-electron chi connectivity index (χ4n) is 3.07. The van der Waals surface area contributed by atoms with Gasteiger partial charge >= 0.3 is 0 Å². The third-order valence-electron chi connectivity index (χ3n) is 4.38. The lowest BCUT2D eigenvalue weighted by Gasteiger charge is -2.21. The Bertz CT molecular complexity index is 1030. The highest BCUT2D eigenvalue weighted by molar-refractivity contribution is 6.39. The van der Waals surface area contributed by atoms with Gasteiger partial charge < -0.3 is 19.3 Å². The van der Waals surface area contributed by atoms with E-state index in [1.54, 1.807) is 25.1 Å². The molecule has 2 aromatic carbocycles. The average Bonchev–Trinajstić information content (AvgIpc) is 3.07. The van der Waals surface area contributed by atoms with Crippen LogP contribution in [0.15, 0.2) is 40.9 Å². The molecular weight excluding hydrogens is 403 g/mol. The van der Waals surface area contributed by atoms with E-state index in [2.05, 4.69) is 10.5 Å². The van der Waals surface area contributed by atoms with Crippen molar-refractivity contribution in [2.45, 2.75) is 13.5 Å². The highest BCUT2D eigenvalue weighted by Gasteiger charge is 2.25. The van der Waals surface area contributed by atoms with Gasteiger partial charge in [-0.1, -0.05) is 46.6 Å². The molecule has 0 saturated heterocycles. The standard InChI is InChI=1S/C20H16Cl2N2O4/c1-11-16(18(24-28-11)17-13(21)5-3-6-14(17)22)20(25)23-10-12-4-2-7-15-19(12)27-9-8-26-15/h2-7H,8-10H2,1H3,(H,23,25). The molecule has 0 fully saturated rings. The molecule has 6 nitrogen and oxygen atoms in total. The number of hydrogen-bond donors (Lipinski definition) is 1. The van der Waals surface area contributed by atoms with Gasteiger partial charge in [0.2, 0.25) is 0 Å². The summed E-state index contributed by atoms with van der Waals surface area (Å²) in [4.78, 5) is 12.9. The molecule has 8 heteroatoms. The van der Waals surface area contributed by atoms with Crippen LogP contribution in [0.2, 0.25) is 10.0 Å². The molecule has 1 N–H and O–H groups in total. The lowest BCUT2D eigenvalue weighted by Crippen LogP contribution is -2.25. The fourth-order valence-corrected chi connectivity index (χ4v) is 3.65. The Morgan fingerprint density at radius 2 is 1.82 bits per heavy atom. The summed E-state index contributed by atoms with van der Waals surface area (Å²) in [5.74, 6) is 1.34. The number of para-hydroxylation sites is 1. The summed E-state index contributed by atoms with van der Waals surface area (Å²) in [7, 11) is 0. The van der Waals surface area contributed by atoms with E-state index in [4.69, 9.17) is 37.2 Å². The van der Waals surface area contributed by atoms with Crippen molar-refractivity contribution in [1.82, 2.24) is 10.5 Å². The number of aryl methyl sites for hydroxylation is 1. The Labute approximate surface area is 171 Å². The second-order valence-electron chi connectivity index (χ2n) is 6.18. The number of halogens is 2. The van der Waals surface area contributed by atoms with Gasteiger partial charge in [0.1, 0.15) is 30.2 Å². The molecule has 1 aliphatic rings. The van der Waals surface area contributed by atoms with E-state index >= 15 is 0 Å². The van der Waals surface area contributed by atoms with Crippen molar-refractivity contribution in [1.29, 1.82) is 0 Å². The Balaban J connectivity index is 1.61. The van der Waals surface area contributed by atoms with E-state index in [1.165, 1.54) is 0 Å². The number of carbonyl (C=O) groups is 1. The van der Waals surface area contributed by atoms with Crippen LogP contribution in [0.4, 0.5) is 0 Å². The van der Waals surface area contributed by atoms with Crippen LogP contribution in [-0.2, 0) is 6.54 Å². The van der Waals surface area contributed by atoms with Crippen molar-refractivity contribution >= 4 is 29.1 Å². The molecular formula is C20H16Cl2N2O4. The number of fused-ring (bicyclic) bond motifs is 1. The maximum absolute atomic E-state index is 12.9. The van der Waals surface area contributed by atoms with Crippen LogP contribution in [0.5, 0.6) is 11.5 Å². The van der Waals surface area contributed by atoms with Crippen LogP contribution < -0.4 is 14.8 Å². The third kappa shape index (κ3) is 3.41. The van der Waals surface area contributed by atoms with E-state index in [9.17, 15) is 4.79 Å². The molecule has 0 spiro atoms. The predicted octanol–water partition coefficient (Wildman–Crippen LogP) is 4.66. The molecule has 0 unspecified atom stereocenters. The van der Waals surface area contributed by atoms with Crippen LogP contribution in [0.1, 0.15) is 21.7 Å². The normalized spacial score (nSPS) is 12.7. The van der Waals surface area contributed by atoms with Crippen molar-refractivity contribution < 1.29 is 18.8 Å². The summed E-state index contributed by atoms with van der Waals surface area (Å²) in [5, 5.41) is 7.66. The number of carbonyl (C=O) groups excluding carboxylic acids is 1. The molecule has 144 valence electrons. The third-order valence-corrected chi connectivity index (χ3v) is 5.01. The Kier molecular flexibility index (Phi) is 5.15. The monoisotopic (exact) mass is 418 g/mol. The maximum Gasteiger partial charge on any atom is 0.257 e. The van der Waals surface area contributed by atoms with Crippen LogP contribution in [0.25, 0.3) is 11.3 Å².